The van der Waals surface area contributed by atoms with E-state index in [1.165, 1.54) is 44.5 Å². The van der Waals surface area contributed by atoms with E-state index >= 15 is 0 Å². The summed E-state index contributed by atoms with van der Waals surface area (Å²) in [4.78, 5) is 25.9. The van der Waals surface area contributed by atoms with Crippen LogP contribution in [0.2, 0.25) is 0 Å². The maximum atomic E-state index is 12.4. The van der Waals surface area contributed by atoms with E-state index in [1.807, 2.05) is 6.92 Å². The van der Waals surface area contributed by atoms with Gasteiger partial charge < -0.3 is 10.1 Å². The Bertz CT molecular complexity index is 964. The van der Waals surface area contributed by atoms with Crippen LogP contribution in [-0.2, 0) is 19.6 Å². The number of anilines is 1. The highest BCUT2D eigenvalue weighted by atomic mass is 32.2. The lowest BCUT2D eigenvalue weighted by Crippen LogP contribution is -2.30. The van der Waals surface area contributed by atoms with Crippen LogP contribution in [0.1, 0.15) is 27.0 Å². The average Bonchev–Trinajstić information content (AvgIpc) is 3.02. The van der Waals surface area contributed by atoms with Gasteiger partial charge in [0.1, 0.15) is 4.88 Å². The van der Waals surface area contributed by atoms with Gasteiger partial charge in [-0.3, -0.25) is 4.79 Å². The zero-order valence-corrected chi connectivity index (χ0v) is 17.4. The van der Waals surface area contributed by atoms with Crippen molar-refractivity contribution >= 4 is 38.9 Å². The van der Waals surface area contributed by atoms with Gasteiger partial charge in [-0.25, -0.2) is 17.5 Å². The molecule has 1 N–H and O–H groups in total. The van der Waals surface area contributed by atoms with Crippen LogP contribution in [0.25, 0.3) is 0 Å². The molecule has 1 unspecified atom stereocenters. The number of amides is 1. The monoisotopic (exact) mass is 410 g/mol. The predicted molar refractivity (Wildman–Crippen MR) is 105 cm³/mol. The molecule has 0 fully saturated rings. The third kappa shape index (κ3) is 4.94. The van der Waals surface area contributed by atoms with Crippen molar-refractivity contribution in [3.05, 3.63) is 45.6 Å². The van der Waals surface area contributed by atoms with Gasteiger partial charge in [-0.2, -0.15) is 0 Å². The van der Waals surface area contributed by atoms with Crippen LogP contribution >= 0.6 is 11.3 Å². The Kier molecular flexibility index (Phi) is 6.40. The summed E-state index contributed by atoms with van der Waals surface area (Å²) >= 11 is 1.29. The van der Waals surface area contributed by atoms with Crippen molar-refractivity contribution in [1.29, 1.82) is 0 Å². The van der Waals surface area contributed by atoms with Crippen molar-refractivity contribution in [1.82, 2.24) is 4.31 Å². The van der Waals surface area contributed by atoms with E-state index in [2.05, 4.69) is 5.32 Å². The number of sulfonamides is 1. The second-order valence-electron chi connectivity index (χ2n) is 6.21. The van der Waals surface area contributed by atoms with Crippen molar-refractivity contribution < 1.29 is 22.7 Å². The van der Waals surface area contributed by atoms with Crippen molar-refractivity contribution in [3.8, 4) is 0 Å². The van der Waals surface area contributed by atoms with Gasteiger partial charge in [0, 0.05) is 24.7 Å². The minimum absolute atomic E-state index is 0.0621. The molecule has 0 bridgehead atoms. The Balaban J connectivity index is 2.14. The number of hydrogen-bond acceptors (Lipinski definition) is 6. The maximum Gasteiger partial charge on any atom is 0.349 e. The lowest BCUT2D eigenvalue weighted by molar-refractivity contribution is -0.123. The number of hydrogen-bond donors (Lipinski definition) is 1. The summed E-state index contributed by atoms with van der Waals surface area (Å²) in [6, 6.07) is 7.92. The van der Waals surface area contributed by atoms with Crippen LogP contribution in [0, 0.1) is 13.8 Å². The zero-order chi connectivity index (χ0) is 20.4. The van der Waals surface area contributed by atoms with Crippen LogP contribution in [-0.4, -0.2) is 44.8 Å². The standard InChI is InChI=1S/C18H22N2O5S2/c1-11-6-8-14(27(23,24)20(4)5)10-15(11)19-17(21)13(3)25-18(22)16-9-7-12(2)26-16/h6-10,13H,1-5H3,(H,19,21). The lowest BCUT2D eigenvalue weighted by atomic mass is 10.2. The Morgan fingerprint density at radius 3 is 2.37 bits per heavy atom. The van der Waals surface area contributed by atoms with E-state index in [1.54, 1.807) is 25.1 Å². The van der Waals surface area contributed by atoms with Crippen LogP contribution in [0.5, 0.6) is 0 Å². The number of rotatable bonds is 6. The van der Waals surface area contributed by atoms with Gasteiger partial charge in [-0.15, -0.1) is 11.3 Å². The Hall–Kier alpha value is -2.23. The molecule has 2 aromatic rings. The normalized spacial score (nSPS) is 12.7. The quantitative estimate of drug-likeness (QED) is 0.739. The summed E-state index contributed by atoms with van der Waals surface area (Å²) < 4.78 is 30.8. The topological polar surface area (TPSA) is 92.8 Å². The minimum Gasteiger partial charge on any atom is -0.448 e. The highest BCUT2D eigenvalue weighted by molar-refractivity contribution is 7.89. The number of carbonyl (C=O) groups excluding carboxylic acids is 2. The van der Waals surface area contributed by atoms with Crippen molar-refractivity contribution in [2.45, 2.75) is 31.8 Å². The summed E-state index contributed by atoms with van der Waals surface area (Å²) in [5.41, 5.74) is 1.03. The van der Waals surface area contributed by atoms with E-state index in [4.69, 9.17) is 4.74 Å². The molecule has 7 nitrogen and oxygen atoms in total. The molecule has 0 saturated heterocycles. The average molecular weight is 411 g/mol. The molecule has 0 aliphatic heterocycles. The Labute approximate surface area is 163 Å². The zero-order valence-electron chi connectivity index (χ0n) is 15.8. The first-order valence-electron chi connectivity index (χ1n) is 8.14. The lowest BCUT2D eigenvalue weighted by Gasteiger charge is -2.16. The summed E-state index contributed by atoms with van der Waals surface area (Å²) in [6.07, 6.45) is -1.03. The number of esters is 1. The molecule has 0 radical (unpaired) electrons. The Morgan fingerprint density at radius 2 is 1.81 bits per heavy atom. The van der Waals surface area contributed by atoms with Crippen molar-refractivity contribution in [2.75, 3.05) is 19.4 Å². The molecule has 1 heterocycles. The maximum absolute atomic E-state index is 12.4. The molecule has 9 heteroatoms. The second-order valence-corrected chi connectivity index (χ2v) is 9.65. The van der Waals surface area contributed by atoms with Gasteiger partial charge in [0.2, 0.25) is 10.0 Å². The fraction of sp³-hybridized carbons (Fsp3) is 0.333. The van der Waals surface area contributed by atoms with E-state index in [0.29, 0.717) is 16.1 Å². The first kappa shape index (κ1) is 21.1. The van der Waals surface area contributed by atoms with E-state index in [-0.39, 0.29) is 4.90 Å². The van der Waals surface area contributed by atoms with Crippen molar-refractivity contribution in [2.24, 2.45) is 0 Å². The number of nitrogens with zero attached hydrogens (tertiary/aromatic N) is 1. The second kappa shape index (κ2) is 8.20. The van der Waals surface area contributed by atoms with Crippen LogP contribution in [0.4, 0.5) is 5.69 Å². The van der Waals surface area contributed by atoms with E-state index < -0.39 is 28.0 Å². The summed E-state index contributed by atoms with van der Waals surface area (Å²) in [5.74, 6) is -1.12. The van der Waals surface area contributed by atoms with Gasteiger partial charge in [-0.05, 0) is 50.6 Å². The molecule has 146 valence electrons. The molecular weight excluding hydrogens is 388 g/mol. The first-order chi connectivity index (χ1) is 12.5. The fourth-order valence-electron chi connectivity index (χ4n) is 2.16. The molecule has 27 heavy (non-hydrogen) atoms. The number of carbonyl (C=O) groups is 2. The molecule has 1 aromatic heterocycles. The molecule has 2 rings (SSSR count). The minimum atomic E-state index is -3.63. The molecule has 1 amide bonds. The van der Waals surface area contributed by atoms with E-state index in [9.17, 15) is 18.0 Å². The third-order valence-electron chi connectivity index (χ3n) is 3.84. The van der Waals surface area contributed by atoms with Gasteiger partial charge in [-0.1, -0.05) is 6.07 Å². The summed E-state index contributed by atoms with van der Waals surface area (Å²) in [5, 5.41) is 2.63. The molecular formula is C18H22N2O5S2. The van der Waals surface area contributed by atoms with Gasteiger partial charge in [0.15, 0.2) is 6.10 Å². The van der Waals surface area contributed by atoms with Crippen LogP contribution < -0.4 is 5.32 Å². The summed E-state index contributed by atoms with van der Waals surface area (Å²) in [6.45, 7) is 5.07. The largest absolute Gasteiger partial charge is 0.448 e. The fourth-order valence-corrected chi connectivity index (χ4v) is 3.84. The number of nitrogens with one attached hydrogen (secondary N) is 1. The summed E-state index contributed by atoms with van der Waals surface area (Å²) in [7, 11) is -0.763. The highest BCUT2D eigenvalue weighted by Gasteiger charge is 2.22. The number of benzene rings is 1. The molecule has 0 saturated carbocycles. The van der Waals surface area contributed by atoms with Crippen LogP contribution in [0.15, 0.2) is 35.2 Å². The van der Waals surface area contributed by atoms with Crippen molar-refractivity contribution in [3.63, 3.8) is 0 Å². The molecule has 0 aliphatic carbocycles. The van der Waals surface area contributed by atoms with Gasteiger partial charge in [0.05, 0.1) is 4.90 Å². The van der Waals surface area contributed by atoms with E-state index in [0.717, 1.165) is 9.18 Å². The number of thiophene rings is 1. The Morgan fingerprint density at radius 1 is 1.15 bits per heavy atom. The van der Waals surface area contributed by atoms with Gasteiger partial charge in [0.25, 0.3) is 5.91 Å². The van der Waals surface area contributed by atoms with Gasteiger partial charge >= 0.3 is 5.97 Å². The number of ether oxygens (including phenoxy) is 1. The molecule has 0 aliphatic rings. The van der Waals surface area contributed by atoms with Crippen LogP contribution in [0.3, 0.4) is 0 Å². The first-order valence-corrected chi connectivity index (χ1v) is 10.4. The number of aryl methyl sites for hydroxylation is 2. The smallest absolute Gasteiger partial charge is 0.349 e. The molecule has 1 aromatic carbocycles. The highest BCUT2D eigenvalue weighted by Crippen LogP contribution is 2.23. The molecule has 0 spiro atoms. The predicted octanol–water partition coefficient (Wildman–Crippen LogP) is 2.80. The third-order valence-corrected chi connectivity index (χ3v) is 6.63. The SMILES string of the molecule is Cc1ccc(C(=O)OC(C)C(=O)Nc2cc(S(=O)(=O)N(C)C)ccc2C)s1. The molecule has 1 atom stereocenters.